The summed E-state index contributed by atoms with van der Waals surface area (Å²) in [6.07, 6.45) is 1.12. The van der Waals surface area contributed by atoms with Crippen LogP contribution in [0.1, 0.15) is 42.1 Å². The van der Waals surface area contributed by atoms with E-state index in [9.17, 15) is 4.79 Å². The summed E-state index contributed by atoms with van der Waals surface area (Å²) in [5.41, 5.74) is 3.74. The molecule has 0 aliphatic carbocycles. The van der Waals surface area contributed by atoms with Gasteiger partial charge in [-0.3, -0.25) is 10.1 Å². The molecule has 5 nitrogen and oxygen atoms in total. The Morgan fingerprint density at radius 3 is 2.74 bits per heavy atom. The number of hydrogen-bond acceptors (Lipinski definition) is 5. The van der Waals surface area contributed by atoms with E-state index in [1.54, 1.807) is 18.2 Å². The minimum atomic E-state index is -0.221. The van der Waals surface area contributed by atoms with Crippen molar-refractivity contribution in [3.05, 3.63) is 59.0 Å². The van der Waals surface area contributed by atoms with Crippen molar-refractivity contribution in [1.82, 2.24) is 4.98 Å². The van der Waals surface area contributed by atoms with Gasteiger partial charge in [-0.15, -0.1) is 11.3 Å². The molecule has 1 aromatic heterocycles. The Bertz CT molecular complexity index is 966. The molecule has 0 fully saturated rings. The summed E-state index contributed by atoms with van der Waals surface area (Å²) in [5.74, 6) is 1.57. The van der Waals surface area contributed by atoms with Crippen molar-refractivity contribution in [2.24, 2.45) is 0 Å². The molecule has 138 valence electrons. The average Bonchev–Trinajstić information content (AvgIpc) is 3.36. The number of thiazole rings is 1. The van der Waals surface area contributed by atoms with Gasteiger partial charge < -0.3 is 9.47 Å². The number of fused-ring (bicyclic) bond motifs is 1. The van der Waals surface area contributed by atoms with Crippen LogP contribution in [-0.4, -0.2) is 17.7 Å². The number of carbonyl (C=O) groups is 1. The van der Waals surface area contributed by atoms with E-state index in [0.29, 0.717) is 28.1 Å². The second-order valence-electron chi connectivity index (χ2n) is 6.49. The molecule has 27 heavy (non-hydrogen) atoms. The van der Waals surface area contributed by atoms with Crippen molar-refractivity contribution in [2.45, 2.75) is 26.2 Å². The van der Waals surface area contributed by atoms with E-state index >= 15 is 0 Å². The first kappa shape index (κ1) is 17.5. The average molecular weight is 380 g/mol. The zero-order chi connectivity index (χ0) is 18.8. The van der Waals surface area contributed by atoms with Crippen LogP contribution in [0.25, 0.3) is 11.3 Å². The van der Waals surface area contributed by atoms with Gasteiger partial charge in [0.15, 0.2) is 16.6 Å². The van der Waals surface area contributed by atoms with Crippen molar-refractivity contribution in [2.75, 3.05) is 12.1 Å². The summed E-state index contributed by atoms with van der Waals surface area (Å²) >= 11 is 1.41. The number of amides is 1. The third-order valence-electron chi connectivity index (χ3n) is 4.75. The maximum Gasteiger partial charge on any atom is 0.257 e. The molecule has 0 radical (unpaired) electrons. The van der Waals surface area contributed by atoms with Gasteiger partial charge in [-0.2, -0.15) is 0 Å². The highest BCUT2D eigenvalue weighted by Crippen LogP contribution is 2.33. The molecule has 1 aliphatic heterocycles. The molecule has 1 aliphatic rings. The zero-order valence-electron chi connectivity index (χ0n) is 15.2. The lowest BCUT2D eigenvalue weighted by Crippen LogP contribution is -2.11. The number of rotatable bonds is 5. The molecule has 0 spiro atoms. The fourth-order valence-corrected chi connectivity index (χ4v) is 3.60. The van der Waals surface area contributed by atoms with Crippen molar-refractivity contribution in [1.29, 1.82) is 0 Å². The minimum Gasteiger partial charge on any atom is -0.454 e. The van der Waals surface area contributed by atoms with Crippen LogP contribution in [0.5, 0.6) is 11.5 Å². The lowest BCUT2D eigenvalue weighted by molar-refractivity contribution is 0.102. The monoisotopic (exact) mass is 380 g/mol. The number of hydrogen-bond donors (Lipinski definition) is 1. The molecule has 6 heteroatoms. The molecule has 1 unspecified atom stereocenters. The van der Waals surface area contributed by atoms with Gasteiger partial charge in [-0.05, 0) is 36.1 Å². The number of nitrogens with one attached hydrogen (secondary N) is 1. The number of anilines is 1. The first-order chi connectivity index (χ1) is 13.1. The number of ether oxygens (including phenoxy) is 2. The maximum absolute atomic E-state index is 12.5. The van der Waals surface area contributed by atoms with Gasteiger partial charge in [-0.25, -0.2) is 4.98 Å². The normalized spacial score (nSPS) is 13.4. The molecular weight excluding hydrogens is 360 g/mol. The quantitative estimate of drug-likeness (QED) is 0.652. The number of aromatic nitrogens is 1. The molecule has 0 saturated carbocycles. The Hall–Kier alpha value is -2.86. The zero-order valence-corrected chi connectivity index (χ0v) is 16.0. The maximum atomic E-state index is 12.5. The summed E-state index contributed by atoms with van der Waals surface area (Å²) in [6.45, 7) is 4.60. The molecule has 2 aromatic carbocycles. The molecular formula is C21H20N2O3S. The van der Waals surface area contributed by atoms with Crippen LogP contribution < -0.4 is 14.8 Å². The first-order valence-electron chi connectivity index (χ1n) is 8.91. The second kappa shape index (κ2) is 7.40. The first-order valence-corrected chi connectivity index (χ1v) is 9.79. The standard InChI is InChI=1S/C21H20N2O3S/c1-3-13(2)14-4-6-15(7-5-14)17-11-27-21(22-17)23-20(24)16-8-9-18-19(10-16)26-12-25-18/h4-11,13H,3,12H2,1-2H3,(H,22,23,24). The lowest BCUT2D eigenvalue weighted by Gasteiger charge is -2.08. The Kier molecular flexibility index (Phi) is 4.81. The predicted molar refractivity (Wildman–Crippen MR) is 107 cm³/mol. The molecule has 0 bridgehead atoms. The molecule has 1 N–H and O–H groups in total. The fourth-order valence-electron chi connectivity index (χ4n) is 2.89. The molecule has 2 heterocycles. The summed E-state index contributed by atoms with van der Waals surface area (Å²) in [5, 5.41) is 5.37. The third-order valence-corrected chi connectivity index (χ3v) is 5.50. The molecule has 1 atom stereocenters. The number of carbonyl (C=O) groups excluding carboxylic acids is 1. The highest BCUT2D eigenvalue weighted by Gasteiger charge is 2.17. The highest BCUT2D eigenvalue weighted by atomic mass is 32.1. The summed E-state index contributed by atoms with van der Waals surface area (Å²) in [6, 6.07) is 13.6. The lowest BCUT2D eigenvalue weighted by atomic mass is 9.97. The van der Waals surface area contributed by atoms with E-state index in [4.69, 9.17) is 9.47 Å². The van der Waals surface area contributed by atoms with Gasteiger partial charge in [0.25, 0.3) is 5.91 Å². The van der Waals surface area contributed by atoms with Crippen LogP contribution in [0.4, 0.5) is 5.13 Å². The highest BCUT2D eigenvalue weighted by molar-refractivity contribution is 7.14. The molecule has 4 rings (SSSR count). The summed E-state index contributed by atoms with van der Waals surface area (Å²) < 4.78 is 10.6. The fraction of sp³-hybridized carbons (Fsp3) is 0.238. The molecule has 3 aromatic rings. The van der Waals surface area contributed by atoms with E-state index < -0.39 is 0 Å². The van der Waals surface area contributed by atoms with Crippen LogP contribution in [0, 0.1) is 0 Å². The van der Waals surface area contributed by atoms with Crippen LogP contribution in [0.15, 0.2) is 47.8 Å². The third kappa shape index (κ3) is 3.66. The van der Waals surface area contributed by atoms with Gasteiger partial charge in [0, 0.05) is 16.5 Å². The van der Waals surface area contributed by atoms with Gasteiger partial charge in [0.1, 0.15) is 0 Å². The van der Waals surface area contributed by atoms with Crippen molar-refractivity contribution in [3.8, 4) is 22.8 Å². The van der Waals surface area contributed by atoms with E-state index in [2.05, 4.69) is 48.4 Å². The summed E-state index contributed by atoms with van der Waals surface area (Å²) in [7, 11) is 0. The number of nitrogens with zero attached hydrogens (tertiary/aromatic N) is 1. The molecule has 1 amide bonds. The van der Waals surface area contributed by atoms with Crippen LogP contribution in [0.3, 0.4) is 0 Å². The smallest absolute Gasteiger partial charge is 0.257 e. The second-order valence-corrected chi connectivity index (χ2v) is 7.35. The van der Waals surface area contributed by atoms with Crippen molar-refractivity contribution < 1.29 is 14.3 Å². The van der Waals surface area contributed by atoms with E-state index in [1.807, 2.05) is 5.38 Å². The van der Waals surface area contributed by atoms with Crippen LogP contribution in [-0.2, 0) is 0 Å². The Labute approximate surface area is 162 Å². The van der Waals surface area contributed by atoms with Crippen molar-refractivity contribution in [3.63, 3.8) is 0 Å². The van der Waals surface area contributed by atoms with Crippen LogP contribution >= 0.6 is 11.3 Å². The predicted octanol–water partition coefficient (Wildman–Crippen LogP) is 5.30. The topological polar surface area (TPSA) is 60.5 Å². The van der Waals surface area contributed by atoms with Gasteiger partial charge in [-0.1, -0.05) is 38.1 Å². The SMILES string of the molecule is CCC(C)c1ccc(-c2csc(NC(=O)c3ccc4c(c3)OCO4)n2)cc1. The van der Waals surface area contributed by atoms with Gasteiger partial charge in [0.05, 0.1) is 5.69 Å². The summed E-state index contributed by atoms with van der Waals surface area (Å²) in [4.78, 5) is 17.0. The number of benzene rings is 2. The van der Waals surface area contributed by atoms with E-state index in [-0.39, 0.29) is 12.7 Å². The Balaban J connectivity index is 1.47. The van der Waals surface area contributed by atoms with Gasteiger partial charge in [0.2, 0.25) is 6.79 Å². The minimum absolute atomic E-state index is 0.187. The molecule has 0 saturated heterocycles. The Morgan fingerprint density at radius 2 is 1.96 bits per heavy atom. The van der Waals surface area contributed by atoms with Crippen molar-refractivity contribution >= 4 is 22.4 Å². The largest absolute Gasteiger partial charge is 0.454 e. The van der Waals surface area contributed by atoms with Gasteiger partial charge >= 0.3 is 0 Å². The van der Waals surface area contributed by atoms with Crippen LogP contribution in [0.2, 0.25) is 0 Å². The van der Waals surface area contributed by atoms with E-state index in [0.717, 1.165) is 17.7 Å². The van der Waals surface area contributed by atoms with E-state index in [1.165, 1.54) is 16.9 Å². The Morgan fingerprint density at radius 1 is 1.19 bits per heavy atom.